The van der Waals surface area contributed by atoms with E-state index in [4.69, 9.17) is 9.15 Å². The van der Waals surface area contributed by atoms with Crippen LogP contribution in [0.1, 0.15) is 42.0 Å². The number of hydrogen-bond acceptors (Lipinski definition) is 5. The number of likely N-dealkylation sites (tertiary alicyclic amines) is 1. The quantitative estimate of drug-likeness (QED) is 0.379. The highest BCUT2D eigenvalue weighted by Gasteiger charge is 2.23. The van der Waals surface area contributed by atoms with Crippen molar-refractivity contribution in [2.45, 2.75) is 52.6 Å². The second-order valence-electron chi connectivity index (χ2n) is 9.66. The number of rotatable bonds is 8. The number of carbonyl (C=O) groups excluding carboxylic acids is 1. The summed E-state index contributed by atoms with van der Waals surface area (Å²) < 4.78 is 11.6. The maximum absolute atomic E-state index is 12.9. The minimum absolute atomic E-state index is 0.0118. The highest BCUT2D eigenvalue weighted by molar-refractivity contribution is 5.89. The normalized spacial score (nSPS) is 14.7. The van der Waals surface area contributed by atoms with Gasteiger partial charge in [-0.15, -0.1) is 0 Å². The first-order valence-corrected chi connectivity index (χ1v) is 12.2. The molecule has 1 saturated heterocycles. The van der Waals surface area contributed by atoms with Gasteiger partial charge in [0.1, 0.15) is 17.9 Å². The zero-order valence-electron chi connectivity index (χ0n) is 20.9. The Morgan fingerprint density at radius 3 is 2.57 bits per heavy atom. The predicted octanol–water partition coefficient (Wildman–Crippen LogP) is 4.69. The van der Waals surface area contributed by atoms with Crippen molar-refractivity contribution in [2.24, 2.45) is 0 Å². The molecule has 1 fully saturated rings. The van der Waals surface area contributed by atoms with Gasteiger partial charge in [0.2, 0.25) is 5.91 Å². The molecule has 0 unspecified atom stereocenters. The van der Waals surface area contributed by atoms with Crippen molar-refractivity contribution in [1.82, 2.24) is 10.2 Å². The molecule has 6 heteroatoms. The van der Waals surface area contributed by atoms with Crippen LogP contribution in [0.25, 0.3) is 11.0 Å². The third-order valence-electron chi connectivity index (χ3n) is 6.50. The summed E-state index contributed by atoms with van der Waals surface area (Å²) in [7, 11) is 0. The first kappa shape index (κ1) is 24.7. The van der Waals surface area contributed by atoms with Crippen LogP contribution < -0.4 is 15.7 Å². The summed E-state index contributed by atoms with van der Waals surface area (Å²) in [6.45, 7) is 12.7. The monoisotopic (exact) mass is 474 g/mol. The maximum Gasteiger partial charge on any atom is 0.340 e. The van der Waals surface area contributed by atoms with E-state index in [9.17, 15) is 9.59 Å². The number of fused-ring (bicyclic) bond motifs is 1. The van der Waals surface area contributed by atoms with Gasteiger partial charge in [0, 0.05) is 25.7 Å². The van der Waals surface area contributed by atoms with Gasteiger partial charge in [-0.25, -0.2) is 4.79 Å². The Balaban J connectivity index is 1.43. The van der Waals surface area contributed by atoms with Crippen LogP contribution in [-0.4, -0.2) is 36.5 Å². The molecule has 184 valence electrons. The Hall–Kier alpha value is -3.38. The molecule has 4 rings (SSSR count). The topological polar surface area (TPSA) is 71.8 Å². The molecule has 6 nitrogen and oxygen atoms in total. The molecule has 0 aliphatic carbocycles. The zero-order valence-corrected chi connectivity index (χ0v) is 20.9. The van der Waals surface area contributed by atoms with Crippen LogP contribution in [0.5, 0.6) is 5.75 Å². The summed E-state index contributed by atoms with van der Waals surface area (Å²) in [5.74, 6) is 0.481. The molecule has 2 heterocycles. The van der Waals surface area contributed by atoms with E-state index in [0.717, 1.165) is 54.6 Å². The fraction of sp³-hybridized carbons (Fsp3) is 0.379. The molecule has 2 aromatic carbocycles. The molecule has 3 aromatic rings. The summed E-state index contributed by atoms with van der Waals surface area (Å²) in [5, 5.41) is 3.86. The van der Waals surface area contributed by atoms with Crippen LogP contribution in [-0.2, 0) is 17.8 Å². The minimum Gasteiger partial charge on any atom is -0.488 e. The van der Waals surface area contributed by atoms with Gasteiger partial charge in [0.15, 0.2) is 0 Å². The van der Waals surface area contributed by atoms with Gasteiger partial charge < -0.3 is 14.5 Å². The van der Waals surface area contributed by atoms with Crippen LogP contribution in [0.2, 0.25) is 0 Å². The van der Waals surface area contributed by atoms with Gasteiger partial charge in [0.05, 0.1) is 17.4 Å². The first-order valence-electron chi connectivity index (χ1n) is 12.2. The van der Waals surface area contributed by atoms with Gasteiger partial charge in [0.25, 0.3) is 0 Å². The molecule has 35 heavy (non-hydrogen) atoms. The second-order valence-corrected chi connectivity index (χ2v) is 9.66. The molecule has 0 radical (unpaired) electrons. The Labute approximate surface area is 206 Å². The Morgan fingerprint density at radius 1 is 1.17 bits per heavy atom. The molecule has 1 amide bonds. The average Bonchev–Trinajstić information content (AvgIpc) is 2.82. The molecule has 0 spiro atoms. The van der Waals surface area contributed by atoms with Crippen molar-refractivity contribution in [2.75, 3.05) is 19.7 Å². The maximum atomic E-state index is 12.9. The Morgan fingerprint density at radius 2 is 1.89 bits per heavy atom. The van der Waals surface area contributed by atoms with Crippen LogP contribution in [0.4, 0.5) is 0 Å². The molecule has 0 atom stereocenters. The highest BCUT2D eigenvalue weighted by atomic mass is 16.5. The molecule has 0 saturated carbocycles. The van der Waals surface area contributed by atoms with Gasteiger partial charge >= 0.3 is 5.63 Å². The third-order valence-corrected chi connectivity index (χ3v) is 6.50. The van der Waals surface area contributed by atoms with E-state index in [2.05, 4.69) is 41.1 Å². The van der Waals surface area contributed by atoms with Crippen molar-refractivity contribution in [1.29, 1.82) is 0 Å². The number of piperidine rings is 1. The highest BCUT2D eigenvalue weighted by Crippen LogP contribution is 2.31. The summed E-state index contributed by atoms with van der Waals surface area (Å²) in [6.07, 6.45) is 1.77. The van der Waals surface area contributed by atoms with Crippen LogP contribution in [0.15, 0.2) is 63.8 Å². The number of amides is 1. The Bertz CT molecular complexity index is 1270. The lowest BCUT2D eigenvalue weighted by Crippen LogP contribution is -2.45. The summed E-state index contributed by atoms with van der Waals surface area (Å²) in [6, 6.07) is 14.3. The Kier molecular flexibility index (Phi) is 7.71. The van der Waals surface area contributed by atoms with Gasteiger partial charge in [-0.2, -0.15) is 0 Å². The van der Waals surface area contributed by atoms with Crippen molar-refractivity contribution < 1.29 is 13.9 Å². The van der Waals surface area contributed by atoms with Crippen molar-refractivity contribution in [3.05, 3.63) is 87.3 Å². The number of nitrogens with zero attached hydrogens (tertiary/aromatic N) is 1. The molecule has 1 N–H and O–H groups in total. The van der Waals surface area contributed by atoms with E-state index in [1.807, 2.05) is 39.0 Å². The van der Waals surface area contributed by atoms with Gasteiger partial charge in [-0.1, -0.05) is 36.9 Å². The number of benzene rings is 2. The van der Waals surface area contributed by atoms with Crippen molar-refractivity contribution >= 4 is 16.9 Å². The lowest BCUT2D eigenvalue weighted by Gasteiger charge is -2.32. The largest absolute Gasteiger partial charge is 0.488 e. The van der Waals surface area contributed by atoms with Crippen LogP contribution in [0.3, 0.4) is 0 Å². The van der Waals surface area contributed by atoms with Crippen LogP contribution >= 0.6 is 0 Å². The summed E-state index contributed by atoms with van der Waals surface area (Å²) in [4.78, 5) is 28.1. The van der Waals surface area contributed by atoms with Crippen molar-refractivity contribution in [3.63, 3.8) is 0 Å². The predicted molar refractivity (Wildman–Crippen MR) is 139 cm³/mol. The van der Waals surface area contributed by atoms with Gasteiger partial charge in [-0.05, 0) is 68.0 Å². The van der Waals surface area contributed by atoms with Gasteiger partial charge in [-0.3, -0.25) is 9.69 Å². The molecular formula is C29H34N2O4. The lowest BCUT2D eigenvalue weighted by atomic mass is 10.00. The second kappa shape index (κ2) is 10.9. The van der Waals surface area contributed by atoms with Crippen LogP contribution in [0, 0.1) is 13.8 Å². The van der Waals surface area contributed by atoms with E-state index in [-0.39, 0.29) is 18.4 Å². The first-order chi connectivity index (χ1) is 16.8. The molecular weight excluding hydrogens is 440 g/mol. The lowest BCUT2D eigenvalue weighted by molar-refractivity contribution is -0.121. The summed E-state index contributed by atoms with van der Waals surface area (Å²) >= 11 is 0. The number of carbonyl (C=O) groups is 1. The SMILES string of the molecule is C=C(C)COc1cc(C)cc2oc(=O)c(CC(=O)NC3CCN(Cc4ccccc4)CC3)c(C)c12. The molecule has 1 aliphatic rings. The fourth-order valence-corrected chi connectivity index (χ4v) is 4.67. The fourth-order valence-electron chi connectivity index (χ4n) is 4.67. The third kappa shape index (κ3) is 6.20. The number of aryl methyl sites for hydroxylation is 2. The number of ether oxygens (including phenoxy) is 1. The van der Waals surface area contributed by atoms with E-state index in [1.54, 1.807) is 0 Å². The number of nitrogens with one attached hydrogen (secondary N) is 1. The van der Waals surface area contributed by atoms with E-state index in [1.165, 1.54) is 5.56 Å². The smallest absolute Gasteiger partial charge is 0.340 e. The minimum atomic E-state index is -0.473. The van der Waals surface area contributed by atoms with E-state index < -0.39 is 5.63 Å². The zero-order chi connectivity index (χ0) is 24.9. The average molecular weight is 475 g/mol. The summed E-state index contributed by atoms with van der Waals surface area (Å²) in [5.41, 5.74) is 4.22. The molecule has 0 bridgehead atoms. The standard InChI is InChI=1S/C29H34N2O4/c1-19(2)18-34-25-14-20(3)15-26-28(25)21(4)24(29(33)35-26)16-27(32)30-23-10-12-31(13-11-23)17-22-8-6-5-7-9-22/h5-9,14-15,23H,1,10-13,16-18H2,2-4H3,(H,30,32). The van der Waals surface area contributed by atoms with E-state index in [0.29, 0.717) is 23.5 Å². The molecule has 1 aromatic heterocycles. The van der Waals surface area contributed by atoms with Crippen molar-refractivity contribution in [3.8, 4) is 5.75 Å². The van der Waals surface area contributed by atoms with E-state index >= 15 is 0 Å². The number of hydrogen-bond donors (Lipinski definition) is 1. The molecule has 1 aliphatic heterocycles.